The molecule has 112 valence electrons. The molecule has 0 aliphatic carbocycles. The summed E-state index contributed by atoms with van der Waals surface area (Å²) in [6, 6.07) is 2.99. The summed E-state index contributed by atoms with van der Waals surface area (Å²) in [5, 5.41) is 18.2. The van der Waals surface area contributed by atoms with Crippen molar-refractivity contribution in [3.63, 3.8) is 0 Å². The molecule has 1 aliphatic rings. The molecule has 0 bridgehead atoms. The smallest absolute Gasteiger partial charge is 0.332 e. The Kier molecular flexibility index (Phi) is 4.70. The Morgan fingerprint density at radius 1 is 1.40 bits per heavy atom. The number of sulfonamides is 1. The van der Waals surface area contributed by atoms with Crippen LogP contribution in [0.3, 0.4) is 0 Å². The lowest BCUT2D eigenvalue weighted by Gasteiger charge is -2.31. The Labute approximate surface area is 125 Å². The second-order valence-corrected chi connectivity index (χ2v) is 8.46. The van der Waals surface area contributed by atoms with Crippen LogP contribution in [0.2, 0.25) is 4.34 Å². The average molecular weight is 340 g/mol. The molecular formula is C11H14ClNO5S2. The van der Waals surface area contributed by atoms with Gasteiger partial charge in [0.25, 0.3) is 10.0 Å². The van der Waals surface area contributed by atoms with Gasteiger partial charge in [-0.1, -0.05) is 11.6 Å². The van der Waals surface area contributed by atoms with E-state index in [1.807, 2.05) is 0 Å². The largest absolute Gasteiger partial charge is 0.479 e. The second kappa shape index (κ2) is 5.98. The van der Waals surface area contributed by atoms with Gasteiger partial charge in [-0.15, -0.1) is 11.3 Å². The third-order valence-corrected chi connectivity index (χ3v) is 6.94. The van der Waals surface area contributed by atoms with Gasteiger partial charge >= 0.3 is 5.97 Å². The summed E-state index contributed by atoms with van der Waals surface area (Å²) < 4.78 is 26.5. The molecule has 1 saturated heterocycles. The SMILES string of the molecule is O=C(O)C(O)C1CCN(S(=O)(=O)c2ccc(Cl)s2)CC1. The van der Waals surface area contributed by atoms with Crippen LogP contribution in [-0.2, 0) is 14.8 Å². The molecule has 2 heterocycles. The van der Waals surface area contributed by atoms with E-state index >= 15 is 0 Å². The predicted molar refractivity (Wildman–Crippen MR) is 74.5 cm³/mol. The van der Waals surface area contributed by atoms with Crippen molar-refractivity contribution < 1.29 is 23.4 Å². The van der Waals surface area contributed by atoms with Gasteiger partial charge in [-0.25, -0.2) is 13.2 Å². The Morgan fingerprint density at radius 3 is 2.45 bits per heavy atom. The number of halogens is 1. The third-order valence-electron chi connectivity index (χ3n) is 3.34. The summed E-state index contributed by atoms with van der Waals surface area (Å²) in [7, 11) is -3.57. The quantitative estimate of drug-likeness (QED) is 0.860. The molecule has 0 spiro atoms. The minimum absolute atomic E-state index is 0.180. The lowest BCUT2D eigenvalue weighted by Crippen LogP contribution is -2.42. The van der Waals surface area contributed by atoms with E-state index < -0.39 is 28.0 Å². The van der Waals surface area contributed by atoms with Crippen molar-refractivity contribution in [1.29, 1.82) is 0 Å². The zero-order valence-electron chi connectivity index (χ0n) is 10.4. The number of aliphatic hydroxyl groups is 1. The zero-order chi connectivity index (χ0) is 14.9. The molecule has 1 unspecified atom stereocenters. The Morgan fingerprint density at radius 2 is 2.00 bits per heavy atom. The number of piperidine rings is 1. The monoisotopic (exact) mass is 339 g/mol. The molecule has 2 N–H and O–H groups in total. The minimum atomic E-state index is -3.57. The van der Waals surface area contributed by atoms with E-state index in [9.17, 15) is 18.3 Å². The van der Waals surface area contributed by atoms with Crippen molar-refractivity contribution >= 4 is 38.9 Å². The van der Waals surface area contributed by atoms with E-state index in [2.05, 4.69) is 0 Å². The second-order valence-electron chi connectivity index (χ2n) is 4.58. The molecule has 0 saturated carbocycles. The van der Waals surface area contributed by atoms with Gasteiger partial charge in [-0.2, -0.15) is 4.31 Å². The zero-order valence-corrected chi connectivity index (χ0v) is 12.8. The number of aliphatic hydroxyl groups excluding tert-OH is 1. The fourth-order valence-corrected chi connectivity index (χ4v) is 5.30. The van der Waals surface area contributed by atoms with Crippen molar-refractivity contribution in [1.82, 2.24) is 4.31 Å². The highest BCUT2D eigenvalue weighted by molar-refractivity contribution is 7.91. The molecule has 6 nitrogen and oxygen atoms in total. The maximum Gasteiger partial charge on any atom is 0.332 e. The van der Waals surface area contributed by atoms with E-state index in [1.165, 1.54) is 16.4 Å². The summed E-state index contributed by atoms with van der Waals surface area (Å²) in [6.45, 7) is 0.402. The van der Waals surface area contributed by atoms with Gasteiger partial charge < -0.3 is 10.2 Å². The number of carboxylic acids is 1. The number of aliphatic carboxylic acids is 1. The summed E-state index contributed by atoms with van der Waals surface area (Å²) in [4.78, 5) is 10.7. The van der Waals surface area contributed by atoms with Crippen LogP contribution < -0.4 is 0 Å². The van der Waals surface area contributed by atoms with Gasteiger partial charge in [-0.3, -0.25) is 0 Å². The van der Waals surface area contributed by atoms with Crippen molar-refractivity contribution in [2.24, 2.45) is 5.92 Å². The highest BCUT2D eigenvalue weighted by atomic mass is 35.5. The highest BCUT2D eigenvalue weighted by Crippen LogP contribution is 2.31. The van der Waals surface area contributed by atoms with E-state index in [0.717, 1.165) is 11.3 Å². The fraction of sp³-hybridized carbons (Fsp3) is 0.545. The molecule has 0 aromatic carbocycles. The van der Waals surface area contributed by atoms with Crippen molar-refractivity contribution in [2.75, 3.05) is 13.1 Å². The molecule has 1 aliphatic heterocycles. The van der Waals surface area contributed by atoms with E-state index in [-0.39, 0.29) is 17.3 Å². The summed E-state index contributed by atoms with van der Waals surface area (Å²) in [5.41, 5.74) is 0. The van der Waals surface area contributed by atoms with Crippen molar-refractivity contribution in [3.8, 4) is 0 Å². The number of carboxylic acid groups (broad SMARTS) is 1. The van der Waals surface area contributed by atoms with Crippen LogP contribution >= 0.6 is 22.9 Å². The summed E-state index contributed by atoms with van der Waals surface area (Å²) in [5.74, 6) is -1.68. The lowest BCUT2D eigenvalue weighted by molar-refractivity contribution is -0.150. The molecule has 0 radical (unpaired) electrons. The third kappa shape index (κ3) is 3.15. The van der Waals surface area contributed by atoms with Crippen LogP contribution in [0.25, 0.3) is 0 Å². The molecular weight excluding hydrogens is 326 g/mol. The normalized spacial score (nSPS) is 19.9. The fourth-order valence-electron chi connectivity index (χ4n) is 2.20. The first kappa shape index (κ1) is 15.7. The average Bonchev–Trinajstić information content (AvgIpc) is 2.85. The number of carbonyl (C=O) groups is 1. The molecule has 1 aromatic rings. The van der Waals surface area contributed by atoms with Gasteiger partial charge in [0.05, 0.1) is 4.34 Å². The van der Waals surface area contributed by atoms with E-state index in [0.29, 0.717) is 17.2 Å². The molecule has 1 aromatic heterocycles. The Hall–Kier alpha value is -0.670. The van der Waals surface area contributed by atoms with Gasteiger partial charge in [0.15, 0.2) is 6.10 Å². The maximum atomic E-state index is 12.3. The number of nitrogens with zero attached hydrogens (tertiary/aromatic N) is 1. The van der Waals surface area contributed by atoms with Crippen molar-refractivity contribution in [3.05, 3.63) is 16.5 Å². The molecule has 1 fully saturated rings. The highest BCUT2D eigenvalue weighted by Gasteiger charge is 2.34. The van der Waals surface area contributed by atoms with Crippen molar-refractivity contribution in [2.45, 2.75) is 23.2 Å². The molecule has 9 heteroatoms. The Balaban J connectivity index is 2.05. The van der Waals surface area contributed by atoms with Crippen LogP contribution in [-0.4, -0.2) is 48.1 Å². The topological polar surface area (TPSA) is 94.9 Å². The summed E-state index contributed by atoms with van der Waals surface area (Å²) in [6.07, 6.45) is -0.784. The van der Waals surface area contributed by atoms with Gasteiger partial charge in [0, 0.05) is 13.1 Å². The molecule has 0 amide bonds. The van der Waals surface area contributed by atoms with Gasteiger partial charge in [0.2, 0.25) is 0 Å². The molecule has 1 atom stereocenters. The number of hydrogen-bond donors (Lipinski definition) is 2. The number of rotatable bonds is 4. The maximum absolute atomic E-state index is 12.3. The number of hydrogen-bond acceptors (Lipinski definition) is 5. The minimum Gasteiger partial charge on any atom is -0.479 e. The lowest BCUT2D eigenvalue weighted by atomic mass is 9.92. The van der Waals surface area contributed by atoms with E-state index in [1.54, 1.807) is 0 Å². The van der Waals surface area contributed by atoms with Gasteiger partial charge in [-0.05, 0) is 30.9 Å². The molecule has 20 heavy (non-hydrogen) atoms. The first-order valence-electron chi connectivity index (χ1n) is 5.98. The predicted octanol–water partition coefficient (Wildman–Crippen LogP) is 1.25. The van der Waals surface area contributed by atoms with Crippen LogP contribution in [0.15, 0.2) is 16.3 Å². The first-order chi connectivity index (χ1) is 9.32. The molecule has 2 rings (SSSR count). The van der Waals surface area contributed by atoms with Gasteiger partial charge in [0.1, 0.15) is 4.21 Å². The van der Waals surface area contributed by atoms with Crippen LogP contribution in [0.1, 0.15) is 12.8 Å². The van der Waals surface area contributed by atoms with Crippen LogP contribution in [0.5, 0.6) is 0 Å². The Bertz CT molecular complexity index is 592. The standard InChI is InChI=1S/C11H14ClNO5S2/c12-8-1-2-9(19-8)20(17,18)13-5-3-7(4-6-13)10(14)11(15)16/h1-2,7,10,14H,3-6H2,(H,15,16). The first-order valence-corrected chi connectivity index (χ1v) is 8.62. The number of thiophene rings is 1. The van der Waals surface area contributed by atoms with Crippen LogP contribution in [0.4, 0.5) is 0 Å². The van der Waals surface area contributed by atoms with Crippen LogP contribution in [0, 0.1) is 5.92 Å². The van der Waals surface area contributed by atoms with E-state index in [4.69, 9.17) is 16.7 Å². The summed E-state index contributed by atoms with van der Waals surface area (Å²) >= 11 is 6.73.